The van der Waals surface area contributed by atoms with Crippen LogP contribution in [0.1, 0.15) is 31.7 Å². The van der Waals surface area contributed by atoms with Gasteiger partial charge in [0.2, 0.25) is 0 Å². The topological polar surface area (TPSA) is 12.0 Å². The summed E-state index contributed by atoms with van der Waals surface area (Å²) in [6, 6.07) is 6.21. The molecule has 0 aromatic heterocycles. The molecule has 1 aliphatic carbocycles. The van der Waals surface area contributed by atoms with Gasteiger partial charge in [-0.15, -0.1) is 0 Å². The summed E-state index contributed by atoms with van der Waals surface area (Å²) in [5.74, 6) is 1.63. The molecule has 3 heteroatoms. The van der Waals surface area contributed by atoms with E-state index in [1.54, 1.807) is 0 Å². The van der Waals surface area contributed by atoms with E-state index in [1.165, 1.54) is 24.8 Å². The van der Waals surface area contributed by atoms with Crippen LogP contribution in [-0.2, 0) is 5.41 Å². The molecular formula is C15H19Cl2N. The van der Waals surface area contributed by atoms with Crippen LogP contribution >= 0.6 is 23.2 Å². The lowest BCUT2D eigenvalue weighted by molar-refractivity contribution is 0.396. The number of fused-ring (bicyclic) bond motifs is 1. The molecule has 1 aromatic rings. The predicted molar refractivity (Wildman–Crippen MR) is 77.5 cm³/mol. The Kier molecular flexibility index (Phi) is 3.34. The quantitative estimate of drug-likeness (QED) is 0.855. The van der Waals surface area contributed by atoms with E-state index in [-0.39, 0.29) is 0 Å². The molecule has 2 aliphatic rings. The van der Waals surface area contributed by atoms with Crippen molar-refractivity contribution in [3.63, 3.8) is 0 Å². The van der Waals surface area contributed by atoms with E-state index in [1.807, 2.05) is 6.07 Å². The molecule has 1 heterocycles. The van der Waals surface area contributed by atoms with Gasteiger partial charge >= 0.3 is 0 Å². The minimum Gasteiger partial charge on any atom is -0.316 e. The maximum absolute atomic E-state index is 6.20. The van der Waals surface area contributed by atoms with Crippen molar-refractivity contribution in [3.8, 4) is 0 Å². The highest BCUT2D eigenvalue weighted by molar-refractivity contribution is 6.42. The summed E-state index contributed by atoms with van der Waals surface area (Å²) in [7, 11) is 0. The fourth-order valence-corrected chi connectivity index (χ4v) is 4.23. The van der Waals surface area contributed by atoms with Crippen LogP contribution in [0.4, 0.5) is 0 Å². The van der Waals surface area contributed by atoms with Crippen LogP contribution in [0.25, 0.3) is 0 Å². The second kappa shape index (κ2) is 4.70. The lowest BCUT2D eigenvalue weighted by Gasteiger charge is -2.29. The van der Waals surface area contributed by atoms with Gasteiger partial charge in [-0.1, -0.05) is 42.6 Å². The van der Waals surface area contributed by atoms with Gasteiger partial charge in [-0.05, 0) is 48.9 Å². The first kappa shape index (κ1) is 12.8. The Morgan fingerprint density at radius 2 is 2.17 bits per heavy atom. The molecule has 1 unspecified atom stereocenters. The van der Waals surface area contributed by atoms with Crippen LogP contribution in [0.2, 0.25) is 10.0 Å². The molecule has 1 N–H and O–H groups in total. The van der Waals surface area contributed by atoms with Crippen LogP contribution < -0.4 is 5.32 Å². The van der Waals surface area contributed by atoms with Gasteiger partial charge in [-0.2, -0.15) is 0 Å². The Hall–Kier alpha value is -0.240. The molecule has 0 radical (unpaired) electrons. The highest BCUT2D eigenvalue weighted by atomic mass is 35.5. The summed E-state index contributed by atoms with van der Waals surface area (Å²) in [5, 5.41) is 4.91. The number of benzene rings is 1. The number of hydrogen-bond donors (Lipinski definition) is 1. The van der Waals surface area contributed by atoms with E-state index >= 15 is 0 Å². The van der Waals surface area contributed by atoms with Crippen LogP contribution in [0.5, 0.6) is 0 Å². The summed E-state index contributed by atoms with van der Waals surface area (Å²) in [4.78, 5) is 0. The van der Waals surface area contributed by atoms with Crippen LogP contribution in [0.3, 0.4) is 0 Å². The summed E-state index contributed by atoms with van der Waals surface area (Å²) in [6.45, 7) is 4.55. The normalized spacial score (nSPS) is 34.8. The summed E-state index contributed by atoms with van der Waals surface area (Å²) in [5.41, 5.74) is 1.68. The molecule has 1 aromatic carbocycles. The van der Waals surface area contributed by atoms with Crippen molar-refractivity contribution in [2.75, 3.05) is 13.1 Å². The summed E-state index contributed by atoms with van der Waals surface area (Å²) in [6.07, 6.45) is 3.93. The van der Waals surface area contributed by atoms with Gasteiger partial charge in [0.15, 0.2) is 0 Å². The Labute approximate surface area is 119 Å². The third kappa shape index (κ3) is 1.88. The Morgan fingerprint density at radius 1 is 1.33 bits per heavy atom. The van der Waals surface area contributed by atoms with E-state index in [0.717, 1.165) is 24.9 Å². The molecule has 1 saturated heterocycles. The second-order valence-corrected chi connectivity index (χ2v) is 6.64. The molecule has 3 atom stereocenters. The molecule has 0 bridgehead atoms. The standard InChI is InChI=1S/C15H19Cl2N/c1-2-10-5-12-8-18-9-15(12,7-10)11-3-4-13(16)14(17)6-11/h3-4,6,10,12,18H,2,5,7-9H2,1H3/t10?,12-,15+/m1/s1. The van der Waals surface area contributed by atoms with Crippen molar-refractivity contribution in [2.45, 2.75) is 31.6 Å². The van der Waals surface area contributed by atoms with Crippen molar-refractivity contribution < 1.29 is 0 Å². The third-order valence-electron chi connectivity index (χ3n) is 4.96. The van der Waals surface area contributed by atoms with Gasteiger partial charge in [0.1, 0.15) is 0 Å². The minimum atomic E-state index is 0.301. The Balaban J connectivity index is 1.99. The zero-order valence-corrected chi connectivity index (χ0v) is 12.2. The molecular weight excluding hydrogens is 265 g/mol. The average molecular weight is 284 g/mol. The monoisotopic (exact) mass is 283 g/mol. The van der Waals surface area contributed by atoms with E-state index < -0.39 is 0 Å². The molecule has 18 heavy (non-hydrogen) atoms. The molecule has 1 aliphatic heterocycles. The zero-order chi connectivity index (χ0) is 12.8. The highest BCUT2D eigenvalue weighted by Crippen LogP contribution is 2.51. The maximum Gasteiger partial charge on any atom is 0.0595 e. The van der Waals surface area contributed by atoms with E-state index in [9.17, 15) is 0 Å². The zero-order valence-electron chi connectivity index (χ0n) is 10.7. The van der Waals surface area contributed by atoms with Gasteiger partial charge in [0, 0.05) is 12.0 Å². The number of rotatable bonds is 2. The maximum atomic E-state index is 6.20. The number of nitrogens with one attached hydrogen (secondary N) is 1. The van der Waals surface area contributed by atoms with Gasteiger partial charge in [0.25, 0.3) is 0 Å². The van der Waals surface area contributed by atoms with E-state index in [2.05, 4.69) is 24.4 Å². The summed E-state index contributed by atoms with van der Waals surface area (Å²) < 4.78 is 0. The Bertz CT molecular complexity index is 460. The summed E-state index contributed by atoms with van der Waals surface area (Å²) >= 11 is 12.2. The van der Waals surface area contributed by atoms with Crippen LogP contribution in [0, 0.1) is 11.8 Å². The fourth-order valence-electron chi connectivity index (χ4n) is 3.93. The molecule has 98 valence electrons. The molecule has 3 rings (SSSR count). The number of hydrogen-bond acceptors (Lipinski definition) is 1. The van der Waals surface area contributed by atoms with Crippen LogP contribution in [0.15, 0.2) is 18.2 Å². The highest BCUT2D eigenvalue weighted by Gasteiger charge is 2.50. The largest absolute Gasteiger partial charge is 0.316 e. The molecule has 1 saturated carbocycles. The second-order valence-electron chi connectivity index (χ2n) is 5.83. The lowest BCUT2D eigenvalue weighted by Crippen LogP contribution is -2.31. The van der Waals surface area contributed by atoms with Gasteiger partial charge in [0.05, 0.1) is 10.0 Å². The molecule has 0 spiro atoms. The molecule has 1 nitrogen and oxygen atoms in total. The minimum absolute atomic E-state index is 0.301. The first-order valence-corrected chi connectivity index (χ1v) is 7.57. The van der Waals surface area contributed by atoms with Crippen molar-refractivity contribution in [1.29, 1.82) is 0 Å². The van der Waals surface area contributed by atoms with Crippen molar-refractivity contribution in [3.05, 3.63) is 33.8 Å². The lowest BCUT2D eigenvalue weighted by atomic mass is 9.74. The first-order chi connectivity index (χ1) is 8.65. The van der Waals surface area contributed by atoms with Gasteiger partial charge < -0.3 is 5.32 Å². The van der Waals surface area contributed by atoms with Gasteiger partial charge in [-0.3, -0.25) is 0 Å². The Morgan fingerprint density at radius 3 is 2.89 bits per heavy atom. The SMILES string of the molecule is CCC1C[C@@H]2CNC[C@]2(c2ccc(Cl)c(Cl)c2)C1. The van der Waals surface area contributed by atoms with Crippen molar-refractivity contribution >= 4 is 23.2 Å². The smallest absolute Gasteiger partial charge is 0.0595 e. The molecule has 0 amide bonds. The number of halogens is 2. The average Bonchev–Trinajstić information content (AvgIpc) is 2.89. The van der Waals surface area contributed by atoms with Crippen LogP contribution in [-0.4, -0.2) is 13.1 Å². The molecule has 2 fully saturated rings. The van der Waals surface area contributed by atoms with E-state index in [0.29, 0.717) is 15.5 Å². The third-order valence-corrected chi connectivity index (χ3v) is 5.69. The van der Waals surface area contributed by atoms with E-state index in [4.69, 9.17) is 23.2 Å². The predicted octanol–water partition coefficient (Wildman–Crippen LogP) is 4.27. The fraction of sp³-hybridized carbons (Fsp3) is 0.600. The van der Waals surface area contributed by atoms with Gasteiger partial charge in [-0.25, -0.2) is 0 Å². The first-order valence-electron chi connectivity index (χ1n) is 6.82. The van der Waals surface area contributed by atoms with Crippen molar-refractivity contribution in [2.24, 2.45) is 11.8 Å². The van der Waals surface area contributed by atoms with Crippen molar-refractivity contribution in [1.82, 2.24) is 5.32 Å².